The summed E-state index contributed by atoms with van der Waals surface area (Å²) in [6.07, 6.45) is 3.60. The van der Waals surface area contributed by atoms with Gasteiger partial charge in [0.1, 0.15) is 5.82 Å². The lowest BCUT2D eigenvalue weighted by atomic mass is 10.0. The zero-order valence-electron chi connectivity index (χ0n) is 20.6. The van der Waals surface area contributed by atoms with E-state index in [0.29, 0.717) is 30.1 Å². The Balaban J connectivity index is 1.45. The molecule has 8 heteroatoms. The number of amides is 1. The molecule has 0 unspecified atom stereocenters. The van der Waals surface area contributed by atoms with Gasteiger partial charge in [0.2, 0.25) is 5.91 Å². The van der Waals surface area contributed by atoms with Gasteiger partial charge in [0.15, 0.2) is 0 Å². The monoisotopic (exact) mass is 497 g/mol. The maximum Gasteiger partial charge on any atom is 0.227 e. The largest absolute Gasteiger partial charge is 0.378 e. The average Bonchev–Trinajstić information content (AvgIpc) is 3.77. The topological polar surface area (TPSA) is 79.4 Å². The fraction of sp³-hybridized carbons (Fsp3) is 0.276. The van der Waals surface area contributed by atoms with Crippen LogP contribution >= 0.6 is 0 Å². The predicted molar refractivity (Wildman–Crippen MR) is 144 cm³/mol. The summed E-state index contributed by atoms with van der Waals surface area (Å²) < 4.78 is 19.7. The Kier molecular flexibility index (Phi) is 6.18. The first-order valence-electron chi connectivity index (χ1n) is 12.6. The van der Waals surface area contributed by atoms with Crippen molar-refractivity contribution >= 4 is 39.6 Å². The summed E-state index contributed by atoms with van der Waals surface area (Å²) in [7, 11) is 0. The van der Waals surface area contributed by atoms with Crippen LogP contribution in [0.1, 0.15) is 18.4 Å². The maximum atomic E-state index is 14.2. The molecule has 3 heterocycles. The highest BCUT2D eigenvalue weighted by Crippen LogP contribution is 2.37. The molecule has 2 fully saturated rings. The highest BCUT2D eigenvalue weighted by molar-refractivity contribution is 5.99. The van der Waals surface area contributed by atoms with Gasteiger partial charge in [-0.25, -0.2) is 9.37 Å². The van der Waals surface area contributed by atoms with E-state index in [2.05, 4.69) is 26.6 Å². The summed E-state index contributed by atoms with van der Waals surface area (Å²) in [4.78, 5) is 24.1. The lowest BCUT2D eigenvalue weighted by Gasteiger charge is -2.30. The molecule has 1 aliphatic heterocycles. The summed E-state index contributed by atoms with van der Waals surface area (Å²) in [5, 5.41) is 7.49. The van der Waals surface area contributed by atoms with Crippen LogP contribution in [0.3, 0.4) is 0 Å². The fourth-order valence-electron chi connectivity index (χ4n) is 4.74. The molecule has 1 amide bonds. The Morgan fingerprint density at radius 2 is 1.86 bits per heavy atom. The van der Waals surface area contributed by atoms with E-state index in [1.54, 1.807) is 12.3 Å². The number of aromatic nitrogens is 2. The molecular formula is C29H28FN5O2. The fourth-order valence-corrected chi connectivity index (χ4v) is 4.74. The normalized spacial score (nSPS) is 15.6. The number of morpholine rings is 1. The lowest BCUT2D eigenvalue weighted by Crippen LogP contribution is -2.36. The molecule has 188 valence electrons. The van der Waals surface area contributed by atoms with Crippen LogP contribution in [0.5, 0.6) is 0 Å². The van der Waals surface area contributed by atoms with Crippen molar-refractivity contribution < 1.29 is 13.9 Å². The summed E-state index contributed by atoms with van der Waals surface area (Å²) in [6, 6.07) is 16.3. The van der Waals surface area contributed by atoms with Crippen molar-refractivity contribution in [3.05, 3.63) is 72.2 Å². The summed E-state index contributed by atoms with van der Waals surface area (Å²) in [5.41, 5.74) is 6.24. The van der Waals surface area contributed by atoms with E-state index in [0.717, 1.165) is 59.6 Å². The Morgan fingerprint density at radius 3 is 2.62 bits per heavy atom. The molecule has 0 bridgehead atoms. The number of ether oxygens (including phenoxy) is 1. The number of carbonyl (C=O) groups is 1. The van der Waals surface area contributed by atoms with Crippen LogP contribution in [0, 0.1) is 18.7 Å². The number of pyridine rings is 2. The first kappa shape index (κ1) is 23.4. The van der Waals surface area contributed by atoms with Crippen molar-refractivity contribution in [1.82, 2.24) is 9.97 Å². The first-order valence-corrected chi connectivity index (χ1v) is 12.6. The van der Waals surface area contributed by atoms with Gasteiger partial charge in [0.05, 0.1) is 35.8 Å². The molecule has 4 aromatic rings. The highest BCUT2D eigenvalue weighted by Gasteiger charge is 2.30. The van der Waals surface area contributed by atoms with Crippen LogP contribution in [0.15, 0.2) is 60.8 Å². The zero-order chi connectivity index (χ0) is 25.4. The van der Waals surface area contributed by atoms with Gasteiger partial charge >= 0.3 is 0 Å². The molecule has 37 heavy (non-hydrogen) atoms. The number of hydrogen-bond acceptors (Lipinski definition) is 6. The van der Waals surface area contributed by atoms with Crippen molar-refractivity contribution in [3.63, 3.8) is 0 Å². The molecule has 2 aromatic heterocycles. The van der Waals surface area contributed by atoms with Crippen LogP contribution in [-0.4, -0.2) is 42.2 Å². The second kappa shape index (κ2) is 9.78. The van der Waals surface area contributed by atoms with E-state index in [9.17, 15) is 9.18 Å². The van der Waals surface area contributed by atoms with E-state index in [4.69, 9.17) is 9.72 Å². The van der Waals surface area contributed by atoms with Gasteiger partial charge in [0, 0.05) is 59.3 Å². The molecule has 7 nitrogen and oxygen atoms in total. The first-order chi connectivity index (χ1) is 18.0. The number of fused-ring (bicyclic) bond motifs is 1. The van der Waals surface area contributed by atoms with Gasteiger partial charge in [-0.05, 0) is 62.2 Å². The standard InChI is InChI=1S/C29H28FN5O2/c1-18-27(24-8-7-20(30)14-26(24)34-28(18)25-4-2-3-9-31-25)32-21-15-22(33-29(36)19-5-6-19)17-23(16-21)35-10-12-37-13-11-35/h2-4,7-9,14-17,19H,5-6,10-13H2,1H3,(H,32,34)(H,33,36). The third-order valence-electron chi connectivity index (χ3n) is 6.88. The van der Waals surface area contributed by atoms with Crippen molar-refractivity contribution in [2.75, 3.05) is 41.8 Å². The number of halogens is 1. The van der Waals surface area contributed by atoms with Crippen molar-refractivity contribution in [2.45, 2.75) is 19.8 Å². The number of nitrogens with one attached hydrogen (secondary N) is 2. The third kappa shape index (κ3) is 4.97. The molecule has 2 N–H and O–H groups in total. The van der Waals surface area contributed by atoms with Crippen LogP contribution < -0.4 is 15.5 Å². The zero-order valence-corrected chi connectivity index (χ0v) is 20.6. The van der Waals surface area contributed by atoms with Gasteiger partial charge in [-0.1, -0.05) is 6.07 Å². The van der Waals surface area contributed by atoms with E-state index in [1.807, 2.05) is 37.3 Å². The quantitative estimate of drug-likeness (QED) is 0.357. The molecule has 6 rings (SSSR count). The Morgan fingerprint density at radius 1 is 1.05 bits per heavy atom. The van der Waals surface area contributed by atoms with Crippen molar-refractivity contribution in [2.24, 2.45) is 5.92 Å². The number of carbonyl (C=O) groups excluding carboxylic acids is 1. The van der Waals surface area contributed by atoms with Crippen LogP contribution in [-0.2, 0) is 9.53 Å². The van der Waals surface area contributed by atoms with Gasteiger partial charge in [-0.15, -0.1) is 0 Å². The van der Waals surface area contributed by atoms with Crippen LogP contribution in [0.4, 0.5) is 27.1 Å². The SMILES string of the molecule is Cc1c(-c2ccccn2)nc2cc(F)ccc2c1Nc1cc(NC(=O)C2CC2)cc(N2CCOCC2)c1. The second-order valence-corrected chi connectivity index (χ2v) is 9.59. The van der Waals surface area contributed by atoms with E-state index >= 15 is 0 Å². The van der Waals surface area contributed by atoms with Gasteiger partial charge in [-0.3, -0.25) is 9.78 Å². The minimum atomic E-state index is -0.346. The summed E-state index contributed by atoms with van der Waals surface area (Å²) in [6.45, 7) is 4.87. The Labute approximate surface area is 214 Å². The molecule has 1 saturated carbocycles. The van der Waals surface area contributed by atoms with Crippen molar-refractivity contribution in [3.8, 4) is 11.4 Å². The molecule has 1 saturated heterocycles. The van der Waals surface area contributed by atoms with Crippen LogP contribution in [0.25, 0.3) is 22.3 Å². The van der Waals surface area contributed by atoms with E-state index in [1.165, 1.54) is 12.1 Å². The maximum absolute atomic E-state index is 14.2. The van der Waals surface area contributed by atoms with Gasteiger partial charge in [0.25, 0.3) is 0 Å². The smallest absolute Gasteiger partial charge is 0.227 e. The van der Waals surface area contributed by atoms with E-state index < -0.39 is 0 Å². The molecule has 0 radical (unpaired) electrons. The third-order valence-corrected chi connectivity index (χ3v) is 6.88. The van der Waals surface area contributed by atoms with Crippen LogP contribution in [0.2, 0.25) is 0 Å². The molecular weight excluding hydrogens is 469 g/mol. The lowest BCUT2D eigenvalue weighted by molar-refractivity contribution is -0.117. The molecule has 0 spiro atoms. The minimum absolute atomic E-state index is 0.0588. The minimum Gasteiger partial charge on any atom is -0.378 e. The predicted octanol–water partition coefficient (Wildman–Crippen LogP) is 5.67. The summed E-state index contributed by atoms with van der Waals surface area (Å²) >= 11 is 0. The Hall–Kier alpha value is -4.04. The molecule has 2 aromatic carbocycles. The number of benzene rings is 2. The molecule has 0 atom stereocenters. The van der Waals surface area contributed by atoms with E-state index in [-0.39, 0.29) is 17.6 Å². The van der Waals surface area contributed by atoms with Crippen molar-refractivity contribution in [1.29, 1.82) is 0 Å². The number of rotatable bonds is 6. The number of anilines is 4. The highest BCUT2D eigenvalue weighted by atomic mass is 19.1. The van der Waals surface area contributed by atoms with Gasteiger partial charge < -0.3 is 20.3 Å². The number of nitrogens with zero attached hydrogens (tertiary/aromatic N) is 3. The van der Waals surface area contributed by atoms with Gasteiger partial charge in [-0.2, -0.15) is 0 Å². The molecule has 1 aliphatic carbocycles. The Bertz CT molecular complexity index is 1470. The number of hydrogen-bond donors (Lipinski definition) is 2. The molecule has 2 aliphatic rings. The summed E-state index contributed by atoms with van der Waals surface area (Å²) in [5.74, 6) is -0.185. The second-order valence-electron chi connectivity index (χ2n) is 9.59. The average molecular weight is 498 g/mol.